The van der Waals surface area contributed by atoms with Crippen molar-refractivity contribution in [2.24, 2.45) is 100 Å². The molecule has 0 heterocycles. The summed E-state index contributed by atoms with van der Waals surface area (Å²) in [5.41, 5.74) is 20.9. The first-order valence-electron chi connectivity index (χ1n) is 50.8. The van der Waals surface area contributed by atoms with Gasteiger partial charge in [-0.1, -0.05) is 524 Å². The van der Waals surface area contributed by atoms with Crippen LogP contribution >= 0.6 is 0 Å². The normalized spacial score (nSPS) is 18.8. The molecule has 0 heteroatoms. The third-order valence-electron chi connectivity index (χ3n) is 24.0. The number of hydrogen-bond acceptors (Lipinski definition) is 0. The molecule has 0 radical (unpaired) electrons. The van der Waals surface area contributed by atoms with Crippen molar-refractivity contribution in [1.82, 2.24) is 0 Å². The molecule has 0 N–H and O–H groups in total. The minimum atomic E-state index is 0.251. The van der Waals surface area contributed by atoms with E-state index in [1.54, 1.807) is 0 Å². The number of rotatable bonds is 12. The molecule has 3 fully saturated rings. The summed E-state index contributed by atoms with van der Waals surface area (Å²) in [4.78, 5) is 0. The van der Waals surface area contributed by atoms with Crippen LogP contribution < -0.4 is 0 Å². The minimum absolute atomic E-state index is 0.251. The lowest BCUT2D eigenvalue weighted by Gasteiger charge is -2.38. The van der Waals surface area contributed by atoms with Crippen LogP contribution in [0, 0.1) is 100 Å². The molecule has 124 heavy (non-hydrogen) atoms. The van der Waals surface area contributed by atoms with Crippen molar-refractivity contribution >= 4 is 0 Å². The van der Waals surface area contributed by atoms with E-state index in [2.05, 4.69) is 454 Å². The maximum Gasteiger partial charge on any atom is -0.0132 e. The Morgan fingerprint density at radius 1 is 0.185 bits per heavy atom. The Labute approximate surface area is 780 Å². The maximum atomic E-state index is 2.40. The summed E-state index contributed by atoms with van der Waals surface area (Å²) >= 11 is 0. The van der Waals surface area contributed by atoms with Gasteiger partial charge in [-0.3, -0.25) is 0 Å². The van der Waals surface area contributed by atoms with Crippen molar-refractivity contribution in [3.05, 3.63) is 177 Å². The molecule has 0 nitrogen and oxygen atoms in total. The van der Waals surface area contributed by atoms with Gasteiger partial charge in [0.15, 0.2) is 0 Å². The highest BCUT2D eigenvalue weighted by Gasteiger charge is 2.34. The van der Waals surface area contributed by atoms with E-state index in [-0.39, 0.29) is 21.7 Å². The fourth-order valence-electron chi connectivity index (χ4n) is 19.3. The monoisotopic (exact) mass is 1710 g/mol. The van der Waals surface area contributed by atoms with Crippen LogP contribution in [0.5, 0.6) is 0 Å². The molecule has 4 atom stereocenters. The molecular formula is C124H218. The molecule has 3 saturated carbocycles. The van der Waals surface area contributed by atoms with Crippen LogP contribution in [0.3, 0.4) is 0 Å². The van der Waals surface area contributed by atoms with Gasteiger partial charge in [0.05, 0.1) is 0 Å². The Morgan fingerprint density at radius 2 is 0.427 bits per heavy atom. The van der Waals surface area contributed by atoms with Gasteiger partial charge in [0.2, 0.25) is 0 Å². The Kier molecular flexibility index (Phi) is 46.7. The predicted molar refractivity (Wildman–Crippen MR) is 567 cm³/mol. The molecule has 0 saturated heterocycles. The summed E-state index contributed by atoms with van der Waals surface area (Å²) in [7, 11) is 0. The molecule has 0 amide bonds. The van der Waals surface area contributed by atoms with E-state index in [4.69, 9.17) is 0 Å². The van der Waals surface area contributed by atoms with E-state index in [0.717, 1.165) is 61.2 Å². The Bertz CT molecular complexity index is 3410. The maximum absolute atomic E-state index is 2.40. The first-order valence-corrected chi connectivity index (χ1v) is 50.8. The van der Waals surface area contributed by atoms with Gasteiger partial charge in [0.1, 0.15) is 0 Å². The zero-order chi connectivity index (χ0) is 96.4. The number of benzene rings is 5. The van der Waals surface area contributed by atoms with Gasteiger partial charge < -0.3 is 0 Å². The summed E-state index contributed by atoms with van der Waals surface area (Å²) in [6, 6.07) is 45.0. The summed E-state index contributed by atoms with van der Waals surface area (Å²) in [5.74, 6) is 6.01. The second kappa shape index (κ2) is 49.0. The van der Waals surface area contributed by atoms with Gasteiger partial charge in [0.25, 0.3) is 0 Å². The minimum Gasteiger partial charge on any atom is -0.0620 e. The highest BCUT2D eigenvalue weighted by Crippen LogP contribution is 2.46. The summed E-state index contributed by atoms with van der Waals surface area (Å²) in [5, 5.41) is 0. The summed E-state index contributed by atoms with van der Waals surface area (Å²) in [6.07, 6.45) is 33.3. The summed E-state index contributed by atoms with van der Waals surface area (Å²) in [6.45, 7) is 111. The van der Waals surface area contributed by atoms with Crippen LogP contribution in [-0.4, -0.2) is 0 Å². The van der Waals surface area contributed by atoms with Gasteiger partial charge in [0, 0.05) is 0 Å². The highest BCUT2D eigenvalue weighted by molar-refractivity contribution is 5.34. The molecule has 714 valence electrons. The molecule has 5 aromatic rings. The lowest BCUT2D eigenvalue weighted by atomic mass is 9.67. The van der Waals surface area contributed by atoms with Crippen LogP contribution in [0.4, 0.5) is 0 Å². The molecule has 3 aliphatic carbocycles. The van der Waals surface area contributed by atoms with Crippen LogP contribution in [0.1, 0.15) is 504 Å². The van der Waals surface area contributed by atoms with Gasteiger partial charge >= 0.3 is 0 Å². The van der Waals surface area contributed by atoms with Crippen molar-refractivity contribution in [3.63, 3.8) is 0 Å². The molecule has 0 spiro atoms. The smallest absolute Gasteiger partial charge is 0.0132 e. The van der Waals surface area contributed by atoms with E-state index in [9.17, 15) is 0 Å². The predicted octanol–water partition coefficient (Wildman–Crippen LogP) is 40.2. The molecule has 0 aliphatic heterocycles. The fraction of sp³-hybridized carbons (Fsp3) is 0.758. The quantitative estimate of drug-likeness (QED) is 0.117. The Morgan fingerprint density at radius 3 is 0.669 bits per heavy atom. The van der Waals surface area contributed by atoms with Crippen molar-refractivity contribution in [3.8, 4) is 0 Å². The zero-order valence-electron chi connectivity index (χ0n) is 93.0. The lowest BCUT2D eigenvalue weighted by molar-refractivity contribution is 0.126. The van der Waals surface area contributed by atoms with Gasteiger partial charge in [-0.15, -0.1) is 0 Å². The van der Waals surface area contributed by atoms with Crippen molar-refractivity contribution in [2.45, 2.75) is 508 Å². The standard InChI is InChI=1S/C16H32.C16H26.C16H32.C16H26.C16H32.C16H26.2C14H22/c2*1-15(2,3)11-13-7-9-14(10-8-13)12-16(4,5)6;2*1-15(2,3)11-13-8-7-9-14(10-13)12-16(4,5)6;2*1-15(2,3)11-13-9-7-8-10-14(13)12-16(4,5)6;1-13(2,3)11-7-9-12(10-8-11)14(4,5)6;1-13(2,3)11-8-7-9-12(10-11)14(4,5)6/h13-14H,7-12H2,1-6H3;7-10H,11-12H2,1-6H3;13-14H,7-12H2,1-6H3;7-10H,11-12H2,1-6H3;13-14H,7-12H2,1-6H3;7-10H,11-12H2,1-6H3;2*7-10H,1-6H3. The van der Waals surface area contributed by atoms with E-state index in [1.165, 1.54) is 184 Å². The molecule has 3 aliphatic rings. The summed E-state index contributed by atoms with van der Waals surface area (Å²) < 4.78 is 0. The SMILES string of the molecule is CC(C)(C)CC1CCC(CC(C)(C)C)CC1.CC(C)(C)CC1CCCC(CC(C)(C)C)C1.CC(C)(C)CC1CCCCC1CC(C)(C)C.CC(C)(C)Cc1ccc(CC(C)(C)C)cc1.CC(C)(C)Cc1cccc(CC(C)(C)C)c1.CC(C)(C)Cc1ccccc1CC(C)(C)C.CC(C)(C)c1ccc(C(C)(C)C)cc1.CC(C)(C)c1cccc(C(C)(C)C)c1. The molecule has 8 rings (SSSR count). The molecule has 0 aromatic heterocycles. The van der Waals surface area contributed by atoms with Crippen molar-refractivity contribution in [1.29, 1.82) is 0 Å². The Hall–Kier alpha value is -3.90. The fourth-order valence-corrected chi connectivity index (χ4v) is 19.3. The number of hydrogen-bond donors (Lipinski definition) is 0. The largest absolute Gasteiger partial charge is 0.0620 e. The topological polar surface area (TPSA) is 0 Å². The first kappa shape index (κ1) is 118. The van der Waals surface area contributed by atoms with E-state index in [0.29, 0.717) is 65.0 Å². The van der Waals surface area contributed by atoms with Crippen molar-refractivity contribution in [2.75, 3.05) is 0 Å². The van der Waals surface area contributed by atoms with E-state index >= 15 is 0 Å². The second-order valence-electron chi connectivity index (χ2n) is 59.2. The van der Waals surface area contributed by atoms with E-state index < -0.39 is 0 Å². The highest BCUT2D eigenvalue weighted by atomic mass is 14.4. The molecule has 4 unspecified atom stereocenters. The first-order chi connectivity index (χ1) is 55.4. The van der Waals surface area contributed by atoms with Crippen LogP contribution in [0.2, 0.25) is 0 Å². The average Bonchev–Trinajstić information content (AvgIpc) is 0.834. The molecule has 5 aromatic carbocycles. The van der Waals surface area contributed by atoms with Gasteiger partial charge in [-0.05, 0) is 261 Å². The van der Waals surface area contributed by atoms with Crippen LogP contribution in [0.15, 0.2) is 121 Å². The van der Waals surface area contributed by atoms with E-state index in [1.807, 2.05) is 0 Å². The zero-order valence-corrected chi connectivity index (χ0v) is 93.0. The molecular weight excluding hydrogens is 1490 g/mol. The molecule has 0 bridgehead atoms. The van der Waals surface area contributed by atoms with Crippen LogP contribution in [0.25, 0.3) is 0 Å². The van der Waals surface area contributed by atoms with Crippen LogP contribution in [-0.2, 0) is 60.2 Å². The Balaban J connectivity index is 0.000000709. The third kappa shape index (κ3) is 61.6. The van der Waals surface area contributed by atoms with Gasteiger partial charge in [-0.25, -0.2) is 0 Å². The van der Waals surface area contributed by atoms with Gasteiger partial charge in [-0.2, -0.15) is 0 Å². The second-order valence-corrected chi connectivity index (χ2v) is 59.2. The lowest BCUT2D eigenvalue weighted by Crippen LogP contribution is -2.27. The third-order valence-corrected chi connectivity index (χ3v) is 24.0. The van der Waals surface area contributed by atoms with Crippen molar-refractivity contribution < 1.29 is 0 Å². The average molecular weight is 1710 g/mol.